The summed E-state index contributed by atoms with van der Waals surface area (Å²) in [6.45, 7) is 4.45. The van der Waals surface area contributed by atoms with Gasteiger partial charge in [-0.3, -0.25) is 0 Å². The van der Waals surface area contributed by atoms with E-state index in [0.717, 1.165) is 11.4 Å². The summed E-state index contributed by atoms with van der Waals surface area (Å²) in [7, 11) is 0. The fourth-order valence-corrected chi connectivity index (χ4v) is 1.79. The summed E-state index contributed by atoms with van der Waals surface area (Å²) in [6, 6.07) is 0. The minimum atomic E-state index is -0.761. The van der Waals surface area contributed by atoms with E-state index in [4.69, 9.17) is 5.73 Å². The zero-order chi connectivity index (χ0) is 11.1. The number of nitrogens with two attached hydrogens (primary N) is 1. The maximum Gasteiger partial charge on any atom is 0.0997 e. The van der Waals surface area contributed by atoms with Crippen LogP contribution in [0.25, 0.3) is 0 Å². The van der Waals surface area contributed by atoms with Crippen molar-refractivity contribution in [1.82, 2.24) is 15.0 Å². The summed E-state index contributed by atoms with van der Waals surface area (Å²) in [5.74, 6) is 0.556. The molecule has 1 saturated carbocycles. The van der Waals surface area contributed by atoms with Gasteiger partial charge in [-0.2, -0.15) is 0 Å². The molecule has 1 aliphatic rings. The standard InChI is InChI=1S/C10H18N4O/c1-10(2,15)6-14-9(7-3-4-7)8(5-11)12-13-14/h7,15H,3-6,11H2,1-2H3. The highest BCUT2D eigenvalue weighted by Gasteiger charge is 2.32. The molecule has 0 bridgehead atoms. The first-order chi connectivity index (χ1) is 7.01. The molecule has 84 valence electrons. The monoisotopic (exact) mass is 210 g/mol. The van der Waals surface area contributed by atoms with Crippen molar-refractivity contribution in [3.63, 3.8) is 0 Å². The Balaban J connectivity index is 2.26. The van der Waals surface area contributed by atoms with Gasteiger partial charge < -0.3 is 10.8 Å². The molecule has 0 aromatic carbocycles. The second-order valence-electron chi connectivity index (χ2n) is 4.87. The van der Waals surface area contributed by atoms with E-state index in [2.05, 4.69) is 10.3 Å². The molecule has 1 aliphatic carbocycles. The zero-order valence-electron chi connectivity index (χ0n) is 9.27. The molecule has 0 unspecified atom stereocenters. The molecular weight excluding hydrogens is 192 g/mol. The van der Waals surface area contributed by atoms with Crippen LogP contribution >= 0.6 is 0 Å². The first-order valence-electron chi connectivity index (χ1n) is 5.36. The molecule has 0 atom stereocenters. The van der Waals surface area contributed by atoms with E-state index in [1.165, 1.54) is 12.8 Å². The van der Waals surface area contributed by atoms with Gasteiger partial charge in [0.15, 0.2) is 0 Å². The number of hydrogen-bond donors (Lipinski definition) is 2. The van der Waals surface area contributed by atoms with Gasteiger partial charge >= 0.3 is 0 Å². The Hall–Kier alpha value is -0.940. The maximum absolute atomic E-state index is 9.76. The van der Waals surface area contributed by atoms with Crippen molar-refractivity contribution in [3.05, 3.63) is 11.4 Å². The molecule has 1 heterocycles. The number of rotatable bonds is 4. The predicted molar refractivity (Wildman–Crippen MR) is 56.2 cm³/mol. The molecule has 2 rings (SSSR count). The molecule has 5 heteroatoms. The van der Waals surface area contributed by atoms with Gasteiger partial charge in [0.2, 0.25) is 0 Å². The number of hydrogen-bond acceptors (Lipinski definition) is 4. The Morgan fingerprint density at radius 2 is 2.20 bits per heavy atom. The predicted octanol–water partition coefficient (Wildman–Crippen LogP) is 0.385. The Kier molecular flexibility index (Phi) is 2.52. The molecule has 1 aromatic rings. The van der Waals surface area contributed by atoms with Gasteiger partial charge in [-0.25, -0.2) is 4.68 Å². The summed E-state index contributed by atoms with van der Waals surface area (Å²) < 4.78 is 1.81. The van der Waals surface area contributed by atoms with Crippen molar-refractivity contribution >= 4 is 0 Å². The molecule has 0 spiro atoms. The maximum atomic E-state index is 9.76. The fraction of sp³-hybridized carbons (Fsp3) is 0.800. The Bertz CT molecular complexity index is 349. The topological polar surface area (TPSA) is 77.0 Å². The van der Waals surface area contributed by atoms with Crippen molar-refractivity contribution in [2.75, 3.05) is 0 Å². The van der Waals surface area contributed by atoms with Crippen LogP contribution in [0.1, 0.15) is 44.0 Å². The SMILES string of the molecule is CC(C)(O)Cn1nnc(CN)c1C1CC1. The second kappa shape index (κ2) is 3.57. The number of aliphatic hydroxyl groups is 1. The summed E-state index contributed by atoms with van der Waals surface area (Å²) in [5, 5.41) is 17.9. The van der Waals surface area contributed by atoms with Gasteiger partial charge in [0.1, 0.15) is 0 Å². The Morgan fingerprint density at radius 1 is 1.53 bits per heavy atom. The highest BCUT2D eigenvalue weighted by molar-refractivity contribution is 5.20. The smallest absolute Gasteiger partial charge is 0.0997 e. The molecule has 5 nitrogen and oxygen atoms in total. The van der Waals surface area contributed by atoms with Gasteiger partial charge in [0.25, 0.3) is 0 Å². The van der Waals surface area contributed by atoms with Crippen LogP contribution in [-0.2, 0) is 13.1 Å². The highest BCUT2D eigenvalue weighted by atomic mass is 16.3. The first-order valence-corrected chi connectivity index (χ1v) is 5.36. The third-order valence-electron chi connectivity index (χ3n) is 2.54. The van der Waals surface area contributed by atoms with E-state index >= 15 is 0 Å². The Morgan fingerprint density at radius 3 is 2.67 bits per heavy atom. The van der Waals surface area contributed by atoms with Gasteiger partial charge in [0.05, 0.1) is 23.5 Å². The largest absolute Gasteiger partial charge is 0.389 e. The van der Waals surface area contributed by atoms with Crippen LogP contribution in [0, 0.1) is 0 Å². The minimum absolute atomic E-state index is 0.428. The average molecular weight is 210 g/mol. The van der Waals surface area contributed by atoms with Gasteiger partial charge in [-0.15, -0.1) is 5.10 Å². The molecule has 1 fully saturated rings. The van der Waals surface area contributed by atoms with Crippen LogP contribution in [0.15, 0.2) is 0 Å². The zero-order valence-corrected chi connectivity index (χ0v) is 9.27. The third kappa shape index (κ3) is 2.35. The van der Waals surface area contributed by atoms with E-state index < -0.39 is 5.60 Å². The summed E-state index contributed by atoms with van der Waals surface area (Å²) in [4.78, 5) is 0. The van der Waals surface area contributed by atoms with Crippen LogP contribution in [-0.4, -0.2) is 25.7 Å². The minimum Gasteiger partial charge on any atom is -0.389 e. The lowest BCUT2D eigenvalue weighted by Crippen LogP contribution is -2.27. The van der Waals surface area contributed by atoms with Crippen molar-refractivity contribution in [2.45, 2.75) is 51.3 Å². The fourth-order valence-electron chi connectivity index (χ4n) is 1.79. The number of nitrogens with zero attached hydrogens (tertiary/aromatic N) is 3. The molecule has 0 radical (unpaired) electrons. The lowest BCUT2D eigenvalue weighted by molar-refractivity contribution is 0.0562. The lowest BCUT2D eigenvalue weighted by atomic mass is 10.1. The Labute approximate surface area is 89.3 Å². The third-order valence-corrected chi connectivity index (χ3v) is 2.54. The lowest BCUT2D eigenvalue weighted by Gasteiger charge is -2.18. The summed E-state index contributed by atoms with van der Waals surface area (Å²) in [5.41, 5.74) is 6.86. The molecule has 0 amide bonds. The van der Waals surface area contributed by atoms with Crippen LogP contribution in [0.2, 0.25) is 0 Å². The summed E-state index contributed by atoms with van der Waals surface area (Å²) in [6.07, 6.45) is 2.37. The average Bonchev–Trinajstić information content (AvgIpc) is 2.87. The first kappa shape index (κ1) is 10.6. The molecule has 0 saturated heterocycles. The number of aromatic nitrogens is 3. The van der Waals surface area contributed by atoms with E-state index in [9.17, 15) is 5.11 Å². The van der Waals surface area contributed by atoms with Gasteiger partial charge in [-0.05, 0) is 26.7 Å². The summed E-state index contributed by atoms with van der Waals surface area (Å²) >= 11 is 0. The van der Waals surface area contributed by atoms with Crippen LogP contribution in [0.3, 0.4) is 0 Å². The van der Waals surface area contributed by atoms with Crippen molar-refractivity contribution in [1.29, 1.82) is 0 Å². The molecule has 15 heavy (non-hydrogen) atoms. The van der Waals surface area contributed by atoms with E-state index in [0.29, 0.717) is 19.0 Å². The molecule has 1 aromatic heterocycles. The van der Waals surface area contributed by atoms with Gasteiger partial charge in [0, 0.05) is 12.5 Å². The van der Waals surface area contributed by atoms with Crippen molar-refractivity contribution in [3.8, 4) is 0 Å². The molecule has 0 aliphatic heterocycles. The van der Waals surface area contributed by atoms with E-state index in [1.54, 1.807) is 18.5 Å². The van der Waals surface area contributed by atoms with Crippen LogP contribution in [0.4, 0.5) is 0 Å². The normalized spacial score (nSPS) is 17.1. The highest BCUT2D eigenvalue weighted by Crippen LogP contribution is 2.41. The van der Waals surface area contributed by atoms with E-state index in [1.807, 2.05) is 0 Å². The van der Waals surface area contributed by atoms with Crippen molar-refractivity contribution < 1.29 is 5.11 Å². The molecule has 3 N–H and O–H groups in total. The molecular formula is C10H18N4O. The van der Waals surface area contributed by atoms with Crippen LogP contribution in [0.5, 0.6) is 0 Å². The van der Waals surface area contributed by atoms with E-state index in [-0.39, 0.29) is 0 Å². The van der Waals surface area contributed by atoms with Crippen molar-refractivity contribution in [2.24, 2.45) is 5.73 Å². The van der Waals surface area contributed by atoms with Crippen LogP contribution < -0.4 is 5.73 Å². The van der Waals surface area contributed by atoms with Gasteiger partial charge in [-0.1, -0.05) is 5.21 Å². The quantitative estimate of drug-likeness (QED) is 0.753. The second-order valence-corrected chi connectivity index (χ2v) is 4.87.